The van der Waals surface area contributed by atoms with Gasteiger partial charge in [0.05, 0.1) is 5.54 Å². The topological polar surface area (TPSA) is 55.1 Å². The number of carbonyl (C=O) groups is 1. The monoisotopic (exact) mass is 284 g/mol. The average molecular weight is 284 g/mol. The minimum absolute atomic E-state index is 0.00942. The van der Waals surface area contributed by atoms with Gasteiger partial charge in [0.1, 0.15) is 6.29 Å². The molecule has 3 nitrogen and oxygen atoms in total. The molecule has 3 N–H and O–H groups in total. The van der Waals surface area contributed by atoms with Crippen LogP contribution in [0.1, 0.15) is 25.8 Å². The van der Waals surface area contributed by atoms with Gasteiger partial charge in [-0.3, -0.25) is 5.32 Å². The van der Waals surface area contributed by atoms with Crippen LogP contribution in [0.2, 0.25) is 0 Å². The first kappa shape index (κ1) is 16.7. The molecular formula is C15H22F2N2O. The van der Waals surface area contributed by atoms with Crippen LogP contribution in [0, 0.1) is 5.41 Å². The summed E-state index contributed by atoms with van der Waals surface area (Å²) < 4.78 is 26.0. The second kappa shape index (κ2) is 6.90. The van der Waals surface area contributed by atoms with E-state index in [1.807, 2.05) is 30.3 Å². The van der Waals surface area contributed by atoms with Crippen LogP contribution in [0.4, 0.5) is 8.78 Å². The van der Waals surface area contributed by atoms with Gasteiger partial charge in [-0.15, -0.1) is 0 Å². The van der Waals surface area contributed by atoms with Crippen LogP contribution in [-0.4, -0.2) is 24.8 Å². The molecule has 0 bridgehead atoms. The third-order valence-corrected chi connectivity index (χ3v) is 3.44. The van der Waals surface area contributed by atoms with E-state index in [1.54, 1.807) is 0 Å². The molecule has 0 aliphatic carbocycles. The Morgan fingerprint density at radius 2 is 1.90 bits per heavy atom. The SMILES string of the molecule is CC(C)(C[C@@](C=O)(CN)NCc1ccccc1)C(F)F. The molecule has 1 aromatic rings. The highest BCUT2D eigenvalue weighted by Crippen LogP contribution is 2.33. The van der Waals surface area contributed by atoms with Crippen molar-refractivity contribution in [3.8, 4) is 0 Å². The number of halogens is 2. The Balaban J connectivity index is 2.79. The van der Waals surface area contributed by atoms with Crippen LogP contribution >= 0.6 is 0 Å². The van der Waals surface area contributed by atoms with Gasteiger partial charge in [-0.1, -0.05) is 44.2 Å². The fourth-order valence-electron chi connectivity index (χ4n) is 2.10. The molecule has 0 spiro atoms. The predicted octanol–water partition coefficient (Wildman–Crippen LogP) is 2.35. The van der Waals surface area contributed by atoms with Crippen LogP contribution < -0.4 is 11.1 Å². The maximum atomic E-state index is 13.0. The summed E-state index contributed by atoms with van der Waals surface area (Å²) in [5, 5.41) is 3.03. The van der Waals surface area contributed by atoms with Crippen molar-refractivity contribution in [3.63, 3.8) is 0 Å². The lowest BCUT2D eigenvalue weighted by Gasteiger charge is -2.36. The molecule has 5 heteroatoms. The number of benzene rings is 1. The highest BCUT2D eigenvalue weighted by atomic mass is 19.3. The molecule has 0 fully saturated rings. The van der Waals surface area contributed by atoms with Gasteiger partial charge < -0.3 is 10.5 Å². The lowest BCUT2D eigenvalue weighted by atomic mass is 9.79. The quantitative estimate of drug-likeness (QED) is 0.721. The van der Waals surface area contributed by atoms with Gasteiger partial charge in [-0.25, -0.2) is 8.78 Å². The Morgan fingerprint density at radius 3 is 2.35 bits per heavy atom. The van der Waals surface area contributed by atoms with Crippen molar-refractivity contribution in [1.29, 1.82) is 0 Å². The smallest absolute Gasteiger partial charge is 0.243 e. The normalized spacial score (nSPS) is 15.1. The molecule has 0 saturated heterocycles. The fraction of sp³-hybridized carbons (Fsp3) is 0.533. The number of nitrogens with two attached hydrogens (primary N) is 1. The Bertz CT molecular complexity index is 423. The zero-order valence-electron chi connectivity index (χ0n) is 11.9. The Morgan fingerprint density at radius 1 is 1.30 bits per heavy atom. The van der Waals surface area contributed by atoms with Gasteiger partial charge in [0.25, 0.3) is 0 Å². The second-order valence-electron chi connectivity index (χ2n) is 5.78. The van der Waals surface area contributed by atoms with E-state index in [4.69, 9.17) is 5.73 Å². The van der Waals surface area contributed by atoms with E-state index in [9.17, 15) is 13.6 Å². The number of rotatable bonds is 8. The van der Waals surface area contributed by atoms with E-state index in [0.29, 0.717) is 12.8 Å². The lowest BCUT2D eigenvalue weighted by molar-refractivity contribution is -0.115. The number of nitrogens with one attached hydrogen (secondary N) is 1. The van der Waals surface area contributed by atoms with Crippen molar-refractivity contribution in [2.75, 3.05) is 6.54 Å². The highest BCUT2D eigenvalue weighted by molar-refractivity contribution is 5.65. The summed E-state index contributed by atoms with van der Waals surface area (Å²) in [5.74, 6) is 0. The summed E-state index contributed by atoms with van der Waals surface area (Å²) in [6.07, 6.45) is -1.86. The number of aldehydes is 1. The van der Waals surface area contributed by atoms with Crippen LogP contribution in [0.15, 0.2) is 30.3 Å². The van der Waals surface area contributed by atoms with E-state index < -0.39 is 17.4 Å². The molecular weight excluding hydrogens is 262 g/mol. The van der Waals surface area contributed by atoms with Gasteiger partial charge in [0, 0.05) is 18.5 Å². The molecule has 20 heavy (non-hydrogen) atoms. The van der Waals surface area contributed by atoms with Crippen LogP contribution in [0.3, 0.4) is 0 Å². The van der Waals surface area contributed by atoms with E-state index in [1.165, 1.54) is 13.8 Å². The Hall–Kier alpha value is -1.33. The first-order valence-electron chi connectivity index (χ1n) is 6.59. The number of carbonyl (C=O) groups excluding carboxylic acids is 1. The predicted molar refractivity (Wildman–Crippen MR) is 75.5 cm³/mol. The van der Waals surface area contributed by atoms with E-state index in [0.717, 1.165) is 5.56 Å². The van der Waals surface area contributed by atoms with Gasteiger partial charge in [-0.05, 0) is 12.0 Å². The van der Waals surface area contributed by atoms with Crippen molar-refractivity contribution in [2.45, 2.75) is 38.8 Å². The third kappa shape index (κ3) is 4.35. The van der Waals surface area contributed by atoms with Gasteiger partial charge in [0.2, 0.25) is 6.43 Å². The van der Waals surface area contributed by atoms with Crippen LogP contribution in [0.5, 0.6) is 0 Å². The number of alkyl halides is 2. The summed E-state index contributed by atoms with van der Waals surface area (Å²) in [6.45, 7) is 3.28. The van der Waals surface area contributed by atoms with Gasteiger partial charge >= 0.3 is 0 Å². The zero-order valence-corrected chi connectivity index (χ0v) is 11.9. The molecule has 0 unspecified atom stereocenters. The maximum Gasteiger partial charge on any atom is 0.243 e. The Labute approximate surface area is 118 Å². The van der Waals surface area contributed by atoms with Crippen molar-refractivity contribution >= 4 is 6.29 Å². The molecule has 0 aliphatic rings. The molecule has 0 aliphatic heterocycles. The van der Waals surface area contributed by atoms with Gasteiger partial charge in [-0.2, -0.15) is 0 Å². The fourth-order valence-corrected chi connectivity index (χ4v) is 2.10. The molecule has 0 aromatic heterocycles. The highest BCUT2D eigenvalue weighted by Gasteiger charge is 2.40. The molecule has 1 aromatic carbocycles. The third-order valence-electron chi connectivity index (χ3n) is 3.44. The molecule has 1 atom stereocenters. The molecule has 0 radical (unpaired) electrons. The molecule has 112 valence electrons. The number of hydrogen-bond acceptors (Lipinski definition) is 3. The Kier molecular flexibility index (Phi) is 5.77. The van der Waals surface area contributed by atoms with E-state index in [-0.39, 0.29) is 13.0 Å². The molecule has 0 heterocycles. The summed E-state index contributed by atoms with van der Waals surface area (Å²) in [7, 11) is 0. The maximum absolute atomic E-state index is 13.0. The number of hydrogen-bond donors (Lipinski definition) is 2. The molecule has 0 amide bonds. The summed E-state index contributed by atoms with van der Waals surface area (Å²) >= 11 is 0. The lowest BCUT2D eigenvalue weighted by Crippen LogP contribution is -2.55. The second-order valence-corrected chi connectivity index (χ2v) is 5.78. The van der Waals surface area contributed by atoms with Crippen LogP contribution in [-0.2, 0) is 11.3 Å². The largest absolute Gasteiger partial charge is 0.328 e. The molecule has 1 rings (SSSR count). The van der Waals surface area contributed by atoms with Crippen molar-refractivity contribution in [3.05, 3.63) is 35.9 Å². The standard InChI is InChI=1S/C15H22F2N2O/c1-14(2,13(16)17)9-15(10-18,11-20)19-8-12-6-4-3-5-7-12/h3-7,11,13,19H,8-10,18H2,1-2H3/t15-/m0/s1. The minimum Gasteiger partial charge on any atom is -0.328 e. The zero-order chi connectivity index (χ0) is 15.2. The first-order valence-corrected chi connectivity index (χ1v) is 6.59. The van der Waals surface area contributed by atoms with Crippen LogP contribution in [0.25, 0.3) is 0 Å². The van der Waals surface area contributed by atoms with E-state index in [2.05, 4.69) is 5.32 Å². The average Bonchev–Trinajstić information content (AvgIpc) is 2.44. The van der Waals surface area contributed by atoms with Crippen molar-refractivity contribution < 1.29 is 13.6 Å². The van der Waals surface area contributed by atoms with Gasteiger partial charge in [0.15, 0.2) is 0 Å². The van der Waals surface area contributed by atoms with E-state index >= 15 is 0 Å². The van der Waals surface area contributed by atoms with Crippen molar-refractivity contribution in [1.82, 2.24) is 5.32 Å². The summed E-state index contributed by atoms with van der Waals surface area (Å²) in [5.41, 5.74) is 4.22. The van der Waals surface area contributed by atoms with Crippen molar-refractivity contribution in [2.24, 2.45) is 11.1 Å². The first-order chi connectivity index (χ1) is 9.35. The molecule has 0 saturated carbocycles. The summed E-state index contributed by atoms with van der Waals surface area (Å²) in [4.78, 5) is 11.4. The summed E-state index contributed by atoms with van der Waals surface area (Å²) in [6, 6.07) is 9.45. The minimum atomic E-state index is -2.51.